The maximum absolute atomic E-state index is 11.7. The van der Waals surface area contributed by atoms with Crippen LogP contribution < -0.4 is 5.56 Å². The minimum absolute atomic E-state index is 0.144. The van der Waals surface area contributed by atoms with E-state index in [1.807, 2.05) is 24.3 Å². The van der Waals surface area contributed by atoms with Crippen molar-refractivity contribution in [2.24, 2.45) is 0 Å². The molecule has 2 N–H and O–H groups in total. The number of hydrogen-bond donors (Lipinski definition) is 2. The number of nitrogens with one attached hydrogen (secondary N) is 1. The van der Waals surface area contributed by atoms with Crippen molar-refractivity contribution >= 4 is 16.7 Å². The Balaban J connectivity index is 2.65. The molecule has 0 aliphatic heterocycles. The Bertz CT molecular complexity index is 727. The highest BCUT2D eigenvalue weighted by molar-refractivity contribution is 5.77. The number of fused-ring (bicyclic) bond motifs is 3. The van der Waals surface area contributed by atoms with Gasteiger partial charge in [-0.1, -0.05) is 12.1 Å². The van der Waals surface area contributed by atoms with Crippen molar-refractivity contribution in [1.29, 1.82) is 0 Å². The highest BCUT2D eigenvalue weighted by Crippen LogP contribution is 2.13. The molecule has 0 amide bonds. The minimum Gasteiger partial charge on any atom is -0.390 e. The second kappa shape index (κ2) is 3.18. The van der Waals surface area contributed by atoms with Crippen molar-refractivity contribution in [1.82, 2.24) is 14.4 Å². The average molecular weight is 215 g/mol. The molecular weight excluding hydrogens is 206 g/mol. The quantitative estimate of drug-likeness (QED) is 0.626. The first-order valence-corrected chi connectivity index (χ1v) is 4.89. The lowest BCUT2D eigenvalue weighted by Crippen LogP contribution is -2.11. The van der Waals surface area contributed by atoms with E-state index in [2.05, 4.69) is 9.97 Å². The lowest BCUT2D eigenvalue weighted by Gasteiger charge is -2.03. The number of aliphatic hydroxyl groups excluding tert-OH is 1. The van der Waals surface area contributed by atoms with E-state index in [0.29, 0.717) is 11.3 Å². The summed E-state index contributed by atoms with van der Waals surface area (Å²) in [4.78, 5) is 18.4. The van der Waals surface area contributed by atoms with E-state index in [9.17, 15) is 9.90 Å². The van der Waals surface area contributed by atoms with Crippen LogP contribution >= 0.6 is 0 Å². The molecule has 5 nitrogen and oxygen atoms in total. The van der Waals surface area contributed by atoms with Crippen LogP contribution in [0.1, 0.15) is 5.69 Å². The topological polar surface area (TPSA) is 70.4 Å². The molecule has 0 saturated heterocycles. The van der Waals surface area contributed by atoms with Gasteiger partial charge in [0.1, 0.15) is 0 Å². The molecule has 0 unspecified atom stereocenters. The van der Waals surface area contributed by atoms with E-state index in [0.717, 1.165) is 11.0 Å². The molecule has 0 aliphatic carbocycles. The molecule has 0 radical (unpaired) electrons. The summed E-state index contributed by atoms with van der Waals surface area (Å²) >= 11 is 0. The molecule has 2 aromatic heterocycles. The van der Waals surface area contributed by atoms with Gasteiger partial charge in [-0.15, -0.1) is 0 Å². The fourth-order valence-electron chi connectivity index (χ4n) is 1.88. The van der Waals surface area contributed by atoms with Crippen LogP contribution in [-0.4, -0.2) is 19.5 Å². The number of rotatable bonds is 1. The Hall–Kier alpha value is -2.14. The van der Waals surface area contributed by atoms with Gasteiger partial charge in [0, 0.05) is 0 Å². The van der Waals surface area contributed by atoms with Crippen LogP contribution in [0.5, 0.6) is 0 Å². The first-order chi connectivity index (χ1) is 7.81. The number of benzene rings is 1. The van der Waals surface area contributed by atoms with E-state index in [4.69, 9.17) is 0 Å². The first kappa shape index (κ1) is 9.11. The van der Waals surface area contributed by atoms with E-state index in [1.54, 1.807) is 4.40 Å². The SMILES string of the molecule is O=c1[nH]c2ccccc2n2c(CO)cnc12. The minimum atomic E-state index is -0.251. The number of nitrogens with zero attached hydrogens (tertiary/aromatic N) is 2. The zero-order valence-corrected chi connectivity index (χ0v) is 8.34. The fraction of sp³-hybridized carbons (Fsp3) is 0.0909. The zero-order valence-electron chi connectivity index (χ0n) is 8.34. The molecule has 3 rings (SSSR count). The first-order valence-electron chi connectivity index (χ1n) is 4.89. The third kappa shape index (κ3) is 1.09. The van der Waals surface area contributed by atoms with Crippen molar-refractivity contribution in [2.45, 2.75) is 6.61 Å². The zero-order chi connectivity index (χ0) is 11.1. The number of aliphatic hydroxyl groups is 1. The van der Waals surface area contributed by atoms with Gasteiger partial charge >= 0.3 is 0 Å². The van der Waals surface area contributed by atoms with Crippen LogP contribution in [-0.2, 0) is 6.61 Å². The van der Waals surface area contributed by atoms with Crippen LogP contribution in [0.2, 0.25) is 0 Å². The summed E-state index contributed by atoms with van der Waals surface area (Å²) in [5.41, 5.74) is 2.23. The molecule has 0 spiro atoms. The molecule has 3 aromatic rings. The Morgan fingerprint density at radius 2 is 2.19 bits per heavy atom. The van der Waals surface area contributed by atoms with Gasteiger partial charge in [-0.25, -0.2) is 4.98 Å². The van der Waals surface area contributed by atoms with E-state index in [-0.39, 0.29) is 12.2 Å². The Morgan fingerprint density at radius 1 is 1.38 bits per heavy atom. The van der Waals surface area contributed by atoms with Crippen molar-refractivity contribution in [3.63, 3.8) is 0 Å². The molecule has 0 atom stereocenters. The number of aromatic nitrogens is 3. The van der Waals surface area contributed by atoms with E-state index in [1.165, 1.54) is 6.20 Å². The fourth-order valence-corrected chi connectivity index (χ4v) is 1.88. The highest BCUT2D eigenvalue weighted by Gasteiger charge is 2.09. The summed E-state index contributed by atoms with van der Waals surface area (Å²) in [6.45, 7) is -0.144. The molecule has 5 heteroatoms. The van der Waals surface area contributed by atoms with Gasteiger partial charge < -0.3 is 10.1 Å². The molecule has 2 heterocycles. The number of H-pyrrole nitrogens is 1. The summed E-state index contributed by atoms with van der Waals surface area (Å²) in [6.07, 6.45) is 1.51. The lowest BCUT2D eigenvalue weighted by molar-refractivity contribution is 0.276. The molecule has 1 aromatic carbocycles. The predicted molar refractivity (Wildman–Crippen MR) is 59.2 cm³/mol. The molecule has 0 fully saturated rings. The molecule has 0 bridgehead atoms. The largest absolute Gasteiger partial charge is 0.390 e. The van der Waals surface area contributed by atoms with Crippen molar-refractivity contribution in [3.05, 3.63) is 46.5 Å². The molecule has 0 saturated carbocycles. The monoisotopic (exact) mass is 215 g/mol. The maximum atomic E-state index is 11.7. The summed E-state index contributed by atoms with van der Waals surface area (Å²) in [7, 11) is 0. The summed E-state index contributed by atoms with van der Waals surface area (Å²) in [6, 6.07) is 7.41. The highest BCUT2D eigenvalue weighted by atomic mass is 16.3. The van der Waals surface area contributed by atoms with Gasteiger partial charge in [-0.2, -0.15) is 0 Å². The predicted octanol–water partition coefficient (Wildman–Crippen LogP) is 0.668. The molecule has 16 heavy (non-hydrogen) atoms. The van der Waals surface area contributed by atoms with Crippen LogP contribution in [0, 0.1) is 0 Å². The number of aromatic amines is 1. The second-order valence-corrected chi connectivity index (χ2v) is 3.54. The van der Waals surface area contributed by atoms with Crippen LogP contribution in [0.25, 0.3) is 16.7 Å². The number of imidazole rings is 1. The van der Waals surface area contributed by atoms with Gasteiger partial charge in [0.15, 0.2) is 0 Å². The van der Waals surface area contributed by atoms with E-state index < -0.39 is 0 Å². The normalized spacial score (nSPS) is 11.3. The van der Waals surface area contributed by atoms with Crippen molar-refractivity contribution in [3.8, 4) is 0 Å². The maximum Gasteiger partial charge on any atom is 0.292 e. The molecule has 0 aliphatic rings. The second-order valence-electron chi connectivity index (χ2n) is 3.54. The van der Waals surface area contributed by atoms with Gasteiger partial charge in [0.25, 0.3) is 5.56 Å². The summed E-state index contributed by atoms with van der Waals surface area (Å²) < 4.78 is 1.67. The average Bonchev–Trinajstić information content (AvgIpc) is 2.74. The van der Waals surface area contributed by atoms with Gasteiger partial charge in [0.2, 0.25) is 5.65 Å². The Kier molecular flexibility index (Phi) is 1.81. The van der Waals surface area contributed by atoms with Crippen LogP contribution in [0.3, 0.4) is 0 Å². The number of hydrogen-bond acceptors (Lipinski definition) is 3. The Morgan fingerprint density at radius 3 is 3.00 bits per heavy atom. The van der Waals surface area contributed by atoms with E-state index >= 15 is 0 Å². The van der Waals surface area contributed by atoms with Crippen LogP contribution in [0.15, 0.2) is 35.3 Å². The third-order valence-electron chi connectivity index (χ3n) is 2.59. The van der Waals surface area contributed by atoms with Gasteiger partial charge in [-0.05, 0) is 12.1 Å². The standard InChI is InChI=1S/C11H9N3O2/c15-6-7-5-12-10-11(16)13-8-3-1-2-4-9(8)14(7)10/h1-5,15H,6H2,(H,13,16). The van der Waals surface area contributed by atoms with Gasteiger partial charge in [0.05, 0.1) is 29.5 Å². The third-order valence-corrected chi connectivity index (χ3v) is 2.59. The summed E-state index contributed by atoms with van der Waals surface area (Å²) in [5.74, 6) is 0. The Labute approximate surface area is 90.0 Å². The summed E-state index contributed by atoms with van der Waals surface area (Å²) in [5, 5.41) is 9.20. The van der Waals surface area contributed by atoms with Crippen molar-refractivity contribution in [2.75, 3.05) is 0 Å². The smallest absolute Gasteiger partial charge is 0.292 e. The number of para-hydroxylation sites is 2. The van der Waals surface area contributed by atoms with Crippen molar-refractivity contribution < 1.29 is 5.11 Å². The molecular formula is C11H9N3O2. The van der Waals surface area contributed by atoms with Gasteiger partial charge in [-0.3, -0.25) is 9.20 Å². The lowest BCUT2D eigenvalue weighted by atomic mass is 10.3. The molecule has 80 valence electrons. The van der Waals surface area contributed by atoms with Crippen LogP contribution in [0.4, 0.5) is 0 Å².